The minimum absolute atomic E-state index is 0.0323. The van der Waals surface area contributed by atoms with Crippen LogP contribution in [0.1, 0.15) is 12.5 Å². The smallest absolute Gasteiger partial charge is 0.264 e. The van der Waals surface area contributed by atoms with Crippen LogP contribution in [0, 0.1) is 6.92 Å². The molecule has 1 saturated heterocycles. The van der Waals surface area contributed by atoms with Gasteiger partial charge in [-0.05, 0) is 62.4 Å². The summed E-state index contributed by atoms with van der Waals surface area (Å²) in [5, 5.41) is 2.67. The standard InChI is InChI=1S/C27H31N3O7S2/c1-3-37-26-7-5-4-6-25(26)30(39(34,35)24-12-8-21(2)9-13-24)20-27(31)28-22-10-14-23(15-11-22)38(32,33)29-16-18-36-19-17-29/h4-15H,3,16-20H2,1-2H3,(H,28,31). The maximum atomic E-state index is 13.7. The van der Waals surface area contributed by atoms with Crippen molar-refractivity contribution in [2.45, 2.75) is 23.6 Å². The topological polar surface area (TPSA) is 122 Å². The second-order valence-electron chi connectivity index (χ2n) is 8.81. The van der Waals surface area contributed by atoms with Gasteiger partial charge in [0.25, 0.3) is 10.0 Å². The van der Waals surface area contributed by atoms with E-state index < -0.39 is 32.5 Å². The molecule has 1 aliphatic rings. The lowest BCUT2D eigenvalue weighted by Crippen LogP contribution is -2.40. The normalized spacial score (nSPS) is 14.5. The van der Waals surface area contributed by atoms with E-state index in [9.17, 15) is 21.6 Å². The van der Waals surface area contributed by atoms with E-state index in [1.807, 2.05) is 6.92 Å². The van der Waals surface area contributed by atoms with Crippen LogP contribution in [0.5, 0.6) is 5.75 Å². The molecule has 3 aromatic rings. The Morgan fingerprint density at radius 3 is 2.18 bits per heavy atom. The molecule has 12 heteroatoms. The summed E-state index contributed by atoms with van der Waals surface area (Å²) < 4.78 is 66.4. The first kappa shape index (κ1) is 28.6. The Morgan fingerprint density at radius 1 is 0.923 bits per heavy atom. The highest BCUT2D eigenvalue weighted by Crippen LogP contribution is 2.32. The summed E-state index contributed by atoms with van der Waals surface area (Å²) in [4.78, 5) is 13.3. The highest BCUT2D eigenvalue weighted by atomic mass is 32.2. The third-order valence-electron chi connectivity index (χ3n) is 6.08. The molecule has 208 valence electrons. The predicted molar refractivity (Wildman–Crippen MR) is 148 cm³/mol. The summed E-state index contributed by atoms with van der Waals surface area (Å²) in [6, 6.07) is 18.7. The Kier molecular flexibility index (Phi) is 8.90. The zero-order valence-corrected chi connectivity index (χ0v) is 23.4. The second kappa shape index (κ2) is 12.2. The third kappa shape index (κ3) is 6.59. The van der Waals surface area contributed by atoms with Crippen molar-refractivity contribution >= 4 is 37.3 Å². The van der Waals surface area contributed by atoms with E-state index in [0.29, 0.717) is 31.3 Å². The highest BCUT2D eigenvalue weighted by Gasteiger charge is 2.30. The maximum Gasteiger partial charge on any atom is 0.264 e. The quantitative estimate of drug-likeness (QED) is 0.395. The molecule has 0 aliphatic carbocycles. The summed E-state index contributed by atoms with van der Waals surface area (Å²) in [7, 11) is -7.83. The van der Waals surface area contributed by atoms with Crippen LogP contribution in [0.2, 0.25) is 0 Å². The molecule has 0 unspecified atom stereocenters. The minimum Gasteiger partial charge on any atom is -0.492 e. The Morgan fingerprint density at radius 2 is 1.54 bits per heavy atom. The number of nitrogens with zero attached hydrogens (tertiary/aromatic N) is 2. The monoisotopic (exact) mass is 573 g/mol. The Balaban J connectivity index is 1.58. The number of sulfonamides is 2. The van der Waals surface area contributed by atoms with Crippen molar-refractivity contribution in [2.75, 3.05) is 49.1 Å². The van der Waals surface area contributed by atoms with Gasteiger partial charge in [0.2, 0.25) is 15.9 Å². The fourth-order valence-corrected chi connectivity index (χ4v) is 6.89. The molecular formula is C27H31N3O7S2. The number of anilines is 2. The van der Waals surface area contributed by atoms with Crippen LogP contribution in [0.3, 0.4) is 0 Å². The fourth-order valence-electron chi connectivity index (χ4n) is 4.06. The van der Waals surface area contributed by atoms with E-state index in [4.69, 9.17) is 9.47 Å². The van der Waals surface area contributed by atoms with E-state index in [-0.39, 0.29) is 28.6 Å². The molecule has 0 aromatic heterocycles. The van der Waals surface area contributed by atoms with Crippen LogP contribution in [-0.2, 0) is 29.6 Å². The van der Waals surface area contributed by atoms with Crippen molar-refractivity contribution < 1.29 is 31.1 Å². The SMILES string of the molecule is CCOc1ccccc1N(CC(=O)Nc1ccc(S(=O)(=O)N2CCOCC2)cc1)S(=O)(=O)c1ccc(C)cc1. The summed E-state index contributed by atoms with van der Waals surface area (Å²) in [5.41, 5.74) is 1.45. The van der Waals surface area contributed by atoms with Gasteiger partial charge >= 0.3 is 0 Å². The molecular weight excluding hydrogens is 542 g/mol. The third-order valence-corrected chi connectivity index (χ3v) is 9.76. The largest absolute Gasteiger partial charge is 0.492 e. The lowest BCUT2D eigenvalue weighted by Gasteiger charge is -2.26. The molecule has 0 atom stereocenters. The highest BCUT2D eigenvalue weighted by molar-refractivity contribution is 7.93. The molecule has 10 nitrogen and oxygen atoms in total. The van der Waals surface area contributed by atoms with Gasteiger partial charge in [-0.3, -0.25) is 9.10 Å². The van der Waals surface area contributed by atoms with Gasteiger partial charge in [-0.25, -0.2) is 16.8 Å². The summed E-state index contributed by atoms with van der Waals surface area (Å²) >= 11 is 0. The zero-order chi connectivity index (χ0) is 28.0. The van der Waals surface area contributed by atoms with Crippen molar-refractivity contribution in [3.05, 3.63) is 78.4 Å². The number of para-hydroxylation sites is 2. The molecule has 1 amide bonds. The van der Waals surface area contributed by atoms with Gasteiger partial charge in [-0.1, -0.05) is 29.8 Å². The van der Waals surface area contributed by atoms with E-state index in [1.54, 1.807) is 43.3 Å². The maximum absolute atomic E-state index is 13.7. The molecule has 1 aliphatic heterocycles. The lowest BCUT2D eigenvalue weighted by molar-refractivity contribution is -0.114. The van der Waals surface area contributed by atoms with Gasteiger partial charge < -0.3 is 14.8 Å². The molecule has 1 fully saturated rings. The molecule has 0 bridgehead atoms. The van der Waals surface area contributed by atoms with Crippen molar-refractivity contribution in [3.63, 3.8) is 0 Å². The number of carbonyl (C=O) groups is 1. The number of rotatable bonds is 10. The number of aryl methyl sites for hydroxylation is 1. The average Bonchev–Trinajstić information content (AvgIpc) is 2.93. The number of ether oxygens (including phenoxy) is 2. The number of nitrogens with one attached hydrogen (secondary N) is 1. The first-order chi connectivity index (χ1) is 18.6. The lowest BCUT2D eigenvalue weighted by atomic mass is 10.2. The van der Waals surface area contributed by atoms with Crippen LogP contribution in [0.15, 0.2) is 82.6 Å². The van der Waals surface area contributed by atoms with Crippen molar-refractivity contribution in [2.24, 2.45) is 0 Å². The minimum atomic E-state index is -4.14. The molecule has 0 radical (unpaired) electrons. The van der Waals surface area contributed by atoms with E-state index >= 15 is 0 Å². The molecule has 3 aromatic carbocycles. The van der Waals surface area contributed by atoms with Crippen molar-refractivity contribution in [3.8, 4) is 5.75 Å². The molecule has 1 N–H and O–H groups in total. The van der Waals surface area contributed by atoms with Crippen LogP contribution in [-0.4, -0.2) is 66.5 Å². The molecule has 1 heterocycles. The Bertz CT molecular complexity index is 1500. The molecule has 0 spiro atoms. The predicted octanol–water partition coefficient (Wildman–Crippen LogP) is 3.25. The average molecular weight is 574 g/mol. The van der Waals surface area contributed by atoms with Crippen LogP contribution >= 0.6 is 0 Å². The number of hydrogen-bond acceptors (Lipinski definition) is 7. The Labute approximate surface area is 229 Å². The van der Waals surface area contributed by atoms with E-state index in [1.165, 1.54) is 40.7 Å². The fraction of sp³-hybridized carbons (Fsp3) is 0.296. The first-order valence-corrected chi connectivity index (χ1v) is 15.3. The van der Waals surface area contributed by atoms with Gasteiger partial charge in [0.05, 0.1) is 35.3 Å². The van der Waals surface area contributed by atoms with Gasteiger partial charge in [0.1, 0.15) is 12.3 Å². The number of amides is 1. The van der Waals surface area contributed by atoms with Crippen LogP contribution < -0.4 is 14.4 Å². The van der Waals surface area contributed by atoms with Crippen LogP contribution in [0.4, 0.5) is 11.4 Å². The second-order valence-corrected chi connectivity index (χ2v) is 12.6. The van der Waals surface area contributed by atoms with Gasteiger partial charge in [0.15, 0.2) is 0 Å². The summed E-state index contributed by atoms with van der Waals surface area (Å²) in [5.74, 6) is -0.290. The number of carbonyl (C=O) groups excluding carboxylic acids is 1. The van der Waals surface area contributed by atoms with E-state index in [2.05, 4.69) is 5.32 Å². The number of hydrogen-bond donors (Lipinski definition) is 1. The van der Waals surface area contributed by atoms with Gasteiger partial charge in [0, 0.05) is 18.8 Å². The van der Waals surface area contributed by atoms with Crippen molar-refractivity contribution in [1.82, 2.24) is 4.31 Å². The van der Waals surface area contributed by atoms with E-state index in [0.717, 1.165) is 9.87 Å². The van der Waals surface area contributed by atoms with Crippen molar-refractivity contribution in [1.29, 1.82) is 0 Å². The number of morpholine rings is 1. The molecule has 4 rings (SSSR count). The Hall–Kier alpha value is -3.45. The van der Waals surface area contributed by atoms with Crippen LogP contribution in [0.25, 0.3) is 0 Å². The van der Waals surface area contributed by atoms with Gasteiger partial charge in [-0.15, -0.1) is 0 Å². The molecule has 0 saturated carbocycles. The summed E-state index contributed by atoms with van der Waals surface area (Å²) in [6.45, 7) is 4.62. The number of benzene rings is 3. The molecule has 39 heavy (non-hydrogen) atoms. The zero-order valence-electron chi connectivity index (χ0n) is 21.7. The van der Waals surface area contributed by atoms with Gasteiger partial charge in [-0.2, -0.15) is 4.31 Å². The first-order valence-electron chi connectivity index (χ1n) is 12.4. The summed E-state index contributed by atoms with van der Waals surface area (Å²) in [6.07, 6.45) is 0.